The third-order valence-corrected chi connectivity index (χ3v) is 3.61. The third-order valence-electron chi connectivity index (χ3n) is 3.61. The summed E-state index contributed by atoms with van der Waals surface area (Å²) in [7, 11) is 0. The Hall–Kier alpha value is -1.36. The second-order valence-electron chi connectivity index (χ2n) is 4.59. The van der Waals surface area contributed by atoms with Crippen LogP contribution in [0, 0.1) is 11.8 Å². The smallest absolute Gasteiger partial charge is 0.291 e. The molecule has 0 aromatic carbocycles. The van der Waals surface area contributed by atoms with E-state index in [1.807, 2.05) is 4.90 Å². The van der Waals surface area contributed by atoms with Crippen LogP contribution < -0.4 is 5.32 Å². The lowest BCUT2D eigenvalue weighted by atomic mass is 9.90. The molecule has 5 nitrogen and oxygen atoms in total. The molecule has 0 saturated carbocycles. The van der Waals surface area contributed by atoms with Crippen molar-refractivity contribution in [1.29, 1.82) is 0 Å². The number of nitrogens with zero attached hydrogens (tertiary/aromatic N) is 2. The molecule has 2 unspecified atom stereocenters. The summed E-state index contributed by atoms with van der Waals surface area (Å²) in [4.78, 5) is 17.7. The van der Waals surface area contributed by atoms with E-state index in [1.165, 1.54) is 19.0 Å². The fourth-order valence-electron chi connectivity index (χ4n) is 2.72. The minimum atomic E-state index is -0.0214. The van der Waals surface area contributed by atoms with Gasteiger partial charge >= 0.3 is 0 Å². The Kier molecular flexibility index (Phi) is 2.40. The van der Waals surface area contributed by atoms with Crippen LogP contribution in [0.25, 0.3) is 0 Å². The Morgan fingerprint density at radius 3 is 3.12 bits per heavy atom. The molecule has 1 N–H and O–H groups in total. The lowest BCUT2D eigenvalue weighted by molar-refractivity contribution is 0.0753. The van der Waals surface area contributed by atoms with Crippen molar-refractivity contribution in [2.75, 3.05) is 26.2 Å². The number of hydrogen-bond donors (Lipinski definition) is 1. The minimum absolute atomic E-state index is 0.0214. The molecule has 2 aliphatic heterocycles. The molecular weight excluding hydrogens is 206 g/mol. The lowest BCUT2D eigenvalue weighted by Gasteiger charge is -2.23. The van der Waals surface area contributed by atoms with E-state index in [2.05, 4.69) is 10.3 Å². The summed E-state index contributed by atoms with van der Waals surface area (Å²) in [5, 5.41) is 3.38. The van der Waals surface area contributed by atoms with Gasteiger partial charge in [-0.2, -0.15) is 0 Å². The first-order valence-electron chi connectivity index (χ1n) is 5.73. The van der Waals surface area contributed by atoms with Gasteiger partial charge < -0.3 is 14.6 Å². The average Bonchev–Trinajstić information content (AvgIpc) is 2.97. The van der Waals surface area contributed by atoms with Gasteiger partial charge in [-0.15, -0.1) is 0 Å². The van der Waals surface area contributed by atoms with Crippen molar-refractivity contribution in [3.8, 4) is 0 Å². The predicted molar refractivity (Wildman–Crippen MR) is 56.9 cm³/mol. The Morgan fingerprint density at radius 2 is 2.38 bits per heavy atom. The number of rotatable bonds is 1. The molecular formula is C11H15N3O2. The van der Waals surface area contributed by atoms with Gasteiger partial charge in [0.15, 0.2) is 6.39 Å². The fraction of sp³-hybridized carbons (Fsp3) is 0.636. The van der Waals surface area contributed by atoms with Gasteiger partial charge in [-0.25, -0.2) is 4.98 Å². The van der Waals surface area contributed by atoms with Crippen molar-refractivity contribution in [2.45, 2.75) is 6.42 Å². The van der Waals surface area contributed by atoms with Gasteiger partial charge in [0.1, 0.15) is 0 Å². The van der Waals surface area contributed by atoms with E-state index in [0.717, 1.165) is 26.2 Å². The molecule has 2 atom stereocenters. The normalized spacial score (nSPS) is 29.1. The largest absolute Gasteiger partial charge is 0.438 e. The van der Waals surface area contributed by atoms with E-state index in [1.54, 1.807) is 0 Å². The number of carbonyl (C=O) groups excluding carboxylic acids is 1. The Bertz CT molecular complexity index is 363. The summed E-state index contributed by atoms with van der Waals surface area (Å²) in [6.07, 6.45) is 3.96. The van der Waals surface area contributed by atoms with E-state index in [0.29, 0.717) is 17.6 Å². The van der Waals surface area contributed by atoms with Gasteiger partial charge in [0, 0.05) is 13.1 Å². The van der Waals surface area contributed by atoms with Crippen LogP contribution in [0.2, 0.25) is 0 Å². The maximum Gasteiger partial charge on any atom is 0.291 e. The van der Waals surface area contributed by atoms with Gasteiger partial charge in [0.05, 0.1) is 6.20 Å². The van der Waals surface area contributed by atoms with Crippen molar-refractivity contribution in [1.82, 2.24) is 15.2 Å². The molecule has 2 aliphatic rings. The zero-order valence-electron chi connectivity index (χ0n) is 9.06. The minimum Gasteiger partial charge on any atom is -0.438 e. The summed E-state index contributed by atoms with van der Waals surface area (Å²) in [5.41, 5.74) is 0. The highest BCUT2D eigenvalue weighted by atomic mass is 16.3. The van der Waals surface area contributed by atoms with Crippen LogP contribution in [0.1, 0.15) is 17.0 Å². The molecule has 1 amide bonds. The first-order valence-corrected chi connectivity index (χ1v) is 5.73. The summed E-state index contributed by atoms with van der Waals surface area (Å²) in [6, 6.07) is 0. The maximum absolute atomic E-state index is 12.0. The molecule has 0 aliphatic carbocycles. The van der Waals surface area contributed by atoms with Crippen molar-refractivity contribution >= 4 is 5.91 Å². The number of carbonyl (C=O) groups is 1. The van der Waals surface area contributed by atoms with Crippen LogP contribution in [0.5, 0.6) is 0 Å². The number of fused-ring (bicyclic) bond motifs is 1. The van der Waals surface area contributed by atoms with E-state index >= 15 is 0 Å². The molecule has 2 fully saturated rings. The quantitative estimate of drug-likeness (QED) is 0.743. The highest BCUT2D eigenvalue weighted by molar-refractivity contribution is 5.91. The van der Waals surface area contributed by atoms with Crippen LogP contribution in [-0.2, 0) is 0 Å². The predicted octanol–water partition coefficient (Wildman–Crippen LogP) is 0.356. The zero-order chi connectivity index (χ0) is 11.0. The summed E-state index contributed by atoms with van der Waals surface area (Å²) in [5.74, 6) is 1.60. The molecule has 3 heterocycles. The molecule has 16 heavy (non-hydrogen) atoms. The molecule has 0 bridgehead atoms. The van der Waals surface area contributed by atoms with Crippen molar-refractivity contribution < 1.29 is 9.21 Å². The van der Waals surface area contributed by atoms with E-state index in [9.17, 15) is 4.79 Å². The molecule has 1 aromatic rings. The molecule has 3 rings (SSSR count). The number of nitrogens with one attached hydrogen (secondary N) is 1. The van der Waals surface area contributed by atoms with Crippen molar-refractivity contribution in [3.63, 3.8) is 0 Å². The number of amides is 1. The van der Waals surface area contributed by atoms with Crippen LogP contribution in [0.3, 0.4) is 0 Å². The van der Waals surface area contributed by atoms with Gasteiger partial charge in [0.2, 0.25) is 5.76 Å². The summed E-state index contributed by atoms with van der Waals surface area (Å²) >= 11 is 0. The second-order valence-corrected chi connectivity index (χ2v) is 4.59. The van der Waals surface area contributed by atoms with Crippen LogP contribution in [-0.4, -0.2) is 42.0 Å². The van der Waals surface area contributed by atoms with E-state index in [4.69, 9.17) is 4.42 Å². The standard InChI is InChI=1S/C11H15N3O2/c15-11(10-4-13-7-16-10)14-5-8-1-2-12-3-9(8)6-14/h4,7-9,12H,1-3,5-6H2. The van der Waals surface area contributed by atoms with Crippen LogP contribution >= 0.6 is 0 Å². The number of hydrogen-bond acceptors (Lipinski definition) is 4. The second kappa shape index (κ2) is 3.90. The van der Waals surface area contributed by atoms with E-state index in [-0.39, 0.29) is 5.91 Å². The summed E-state index contributed by atoms with van der Waals surface area (Å²) in [6.45, 7) is 3.82. The van der Waals surface area contributed by atoms with Gasteiger partial charge in [-0.05, 0) is 31.3 Å². The van der Waals surface area contributed by atoms with Crippen LogP contribution in [0.15, 0.2) is 17.0 Å². The molecule has 1 aromatic heterocycles. The van der Waals surface area contributed by atoms with Crippen molar-refractivity contribution in [3.05, 3.63) is 18.4 Å². The topological polar surface area (TPSA) is 58.4 Å². The maximum atomic E-state index is 12.0. The Labute approximate surface area is 93.8 Å². The SMILES string of the molecule is O=C(c1cnco1)N1CC2CCNCC2C1. The average molecular weight is 221 g/mol. The third kappa shape index (κ3) is 1.61. The molecule has 86 valence electrons. The molecule has 2 saturated heterocycles. The van der Waals surface area contributed by atoms with Gasteiger partial charge in [-0.1, -0.05) is 0 Å². The van der Waals surface area contributed by atoms with Crippen LogP contribution in [0.4, 0.5) is 0 Å². The Morgan fingerprint density at radius 1 is 1.50 bits per heavy atom. The monoisotopic (exact) mass is 221 g/mol. The molecule has 0 radical (unpaired) electrons. The van der Waals surface area contributed by atoms with Gasteiger partial charge in [0.25, 0.3) is 5.91 Å². The lowest BCUT2D eigenvalue weighted by Crippen LogP contribution is -2.35. The fourth-order valence-corrected chi connectivity index (χ4v) is 2.72. The van der Waals surface area contributed by atoms with Crippen molar-refractivity contribution in [2.24, 2.45) is 11.8 Å². The van der Waals surface area contributed by atoms with E-state index < -0.39 is 0 Å². The molecule has 5 heteroatoms. The molecule has 0 spiro atoms. The first-order chi connectivity index (χ1) is 7.84. The number of oxazole rings is 1. The number of aromatic nitrogens is 1. The highest BCUT2D eigenvalue weighted by Gasteiger charge is 2.37. The Balaban J connectivity index is 1.71. The summed E-state index contributed by atoms with van der Waals surface area (Å²) < 4.78 is 5.04. The number of likely N-dealkylation sites (tertiary alicyclic amines) is 1. The first kappa shape index (κ1) is 9.84. The number of piperidine rings is 1. The van der Waals surface area contributed by atoms with Gasteiger partial charge in [-0.3, -0.25) is 4.79 Å². The highest BCUT2D eigenvalue weighted by Crippen LogP contribution is 2.28. The zero-order valence-corrected chi connectivity index (χ0v) is 9.06.